The Morgan fingerprint density at radius 3 is 2.87 bits per heavy atom. The topological polar surface area (TPSA) is 46.1 Å². The van der Waals surface area contributed by atoms with Crippen LogP contribution >= 0.6 is 23.1 Å². The van der Waals surface area contributed by atoms with Gasteiger partial charge in [-0.2, -0.15) is 0 Å². The van der Waals surface area contributed by atoms with E-state index >= 15 is 0 Å². The summed E-state index contributed by atoms with van der Waals surface area (Å²) in [5.74, 6) is -0.0469. The number of rotatable bonds is 4. The summed E-state index contributed by atoms with van der Waals surface area (Å²) >= 11 is 6.97. The molecule has 0 spiro atoms. The van der Waals surface area contributed by atoms with E-state index in [0.29, 0.717) is 11.4 Å². The van der Waals surface area contributed by atoms with E-state index in [0.717, 1.165) is 23.6 Å². The molecule has 0 aliphatic carbocycles. The lowest BCUT2D eigenvalue weighted by Crippen LogP contribution is -2.31. The molecule has 1 atom stereocenters. The second kappa shape index (κ2) is 5.42. The minimum Gasteiger partial charge on any atom is -0.339 e. The van der Waals surface area contributed by atoms with Gasteiger partial charge in [0, 0.05) is 19.0 Å². The van der Waals surface area contributed by atoms with Crippen LogP contribution in [0.4, 0.5) is 0 Å². The molecule has 0 aliphatic heterocycles. The van der Waals surface area contributed by atoms with Crippen molar-refractivity contribution in [2.75, 3.05) is 13.6 Å². The third-order valence-corrected chi connectivity index (χ3v) is 2.85. The Morgan fingerprint density at radius 1 is 1.67 bits per heavy atom. The van der Waals surface area contributed by atoms with Crippen molar-refractivity contribution < 1.29 is 4.79 Å². The summed E-state index contributed by atoms with van der Waals surface area (Å²) in [7, 11) is 1.74. The maximum Gasteiger partial charge on any atom is 0.267 e. The molecule has 1 unspecified atom stereocenters. The van der Waals surface area contributed by atoms with Crippen molar-refractivity contribution in [3.05, 3.63) is 10.6 Å². The average molecular weight is 248 g/mol. The van der Waals surface area contributed by atoms with Gasteiger partial charge >= 0.3 is 0 Å². The largest absolute Gasteiger partial charge is 0.339 e. The van der Waals surface area contributed by atoms with Crippen molar-refractivity contribution in [2.45, 2.75) is 25.6 Å². The van der Waals surface area contributed by atoms with E-state index in [-0.39, 0.29) is 11.3 Å². The summed E-state index contributed by atoms with van der Waals surface area (Å²) in [6.07, 6.45) is 0.724. The first-order valence-electron chi connectivity index (χ1n) is 4.77. The Hall–Kier alpha value is -0.680. The Morgan fingerprint density at radius 2 is 2.33 bits per heavy atom. The molecule has 0 saturated carbocycles. The number of hydrogen-bond donors (Lipinski definition) is 0. The van der Waals surface area contributed by atoms with Gasteiger partial charge in [-0.3, -0.25) is 4.79 Å². The number of nitrogens with zero attached hydrogens (tertiary/aromatic N) is 3. The molecule has 84 valence electrons. The molecule has 0 radical (unpaired) electrons. The average Bonchev–Trinajstić information content (AvgIpc) is 2.62. The molecule has 0 aliphatic rings. The summed E-state index contributed by atoms with van der Waals surface area (Å²) < 4.78 is 3.79. The fourth-order valence-electron chi connectivity index (χ4n) is 1.24. The minimum absolute atomic E-state index is 0.0469. The maximum absolute atomic E-state index is 11.9. The van der Waals surface area contributed by atoms with Crippen molar-refractivity contribution in [1.29, 1.82) is 0 Å². The van der Waals surface area contributed by atoms with Crippen LogP contribution in [0.5, 0.6) is 0 Å². The summed E-state index contributed by atoms with van der Waals surface area (Å²) in [6, 6.07) is 0. The number of amides is 1. The van der Waals surface area contributed by atoms with Crippen LogP contribution in [0.1, 0.15) is 29.2 Å². The smallest absolute Gasteiger partial charge is 0.267 e. The van der Waals surface area contributed by atoms with Gasteiger partial charge in [0.05, 0.1) is 5.69 Å². The lowest BCUT2D eigenvalue weighted by molar-refractivity contribution is 0.0799. The highest BCUT2D eigenvalue weighted by molar-refractivity contribution is 7.07. The summed E-state index contributed by atoms with van der Waals surface area (Å²) in [5, 5.41) is 3.85. The van der Waals surface area contributed by atoms with E-state index in [2.05, 4.69) is 9.59 Å². The number of aromatic nitrogens is 2. The first-order chi connectivity index (χ1) is 7.06. The number of hydrogen-bond acceptors (Lipinski definition) is 4. The molecule has 6 heteroatoms. The maximum atomic E-state index is 11.9. The molecule has 1 rings (SSSR count). The summed E-state index contributed by atoms with van der Waals surface area (Å²) in [5.41, 5.74) is 0.763. The van der Waals surface area contributed by atoms with Gasteiger partial charge in [-0.1, -0.05) is 11.4 Å². The lowest BCUT2D eigenvalue weighted by Gasteiger charge is -2.17. The molecule has 0 bridgehead atoms. The zero-order valence-corrected chi connectivity index (χ0v) is 10.6. The molecule has 15 heavy (non-hydrogen) atoms. The van der Waals surface area contributed by atoms with Gasteiger partial charge in [-0.05, 0) is 24.9 Å². The summed E-state index contributed by atoms with van der Waals surface area (Å²) in [6.45, 7) is 4.34. The zero-order chi connectivity index (χ0) is 11.4. The second-order valence-electron chi connectivity index (χ2n) is 3.37. The van der Waals surface area contributed by atoms with Gasteiger partial charge in [0.25, 0.3) is 5.91 Å². The van der Waals surface area contributed by atoms with Crippen molar-refractivity contribution in [2.24, 2.45) is 0 Å². The van der Waals surface area contributed by atoms with Gasteiger partial charge in [0.1, 0.15) is 4.88 Å². The highest BCUT2D eigenvalue weighted by Crippen LogP contribution is 2.14. The van der Waals surface area contributed by atoms with E-state index in [9.17, 15) is 4.79 Å². The molecule has 0 saturated heterocycles. The number of alkyl halides is 1. The monoisotopic (exact) mass is 247 g/mol. The predicted octanol–water partition coefficient (Wildman–Crippen LogP) is 1.80. The van der Waals surface area contributed by atoms with Gasteiger partial charge < -0.3 is 4.90 Å². The molecule has 1 heterocycles. The molecule has 1 amide bonds. The first-order valence-corrected chi connectivity index (χ1v) is 5.98. The third kappa shape index (κ3) is 3.14. The second-order valence-corrected chi connectivity index (χ2v) is 4.87. The van der Waals surface area contributed by atoms with Crippen LogP contribution in [0.25, 0.3) is 0 Å². The zero-order valence-electron chi connectivity index (χ0n) is 9.03. The predicted molar refractivity (Wildman–Crippen MR) is 61.6 cm³/mol. The van der Waals surface area contributed by atoms with E-state index in [4.69, 9.17) is 11.6 Å². The van der Waals surface area contributed by atoms with Crippen LogP contribution in [0.15, 0.2) is 0 Å². The van der Waals surface area contributed by atoms with E-state index in [1.807, 2.05) is 13.8 Å². The number of carbonyl (C=O) groups is 1. The van der Waals surface area contributed by atoms with Gasteiger partial charge in [-0.15, -0.1) is 16.7 Å². The van der Waals surface area contributed by atoms with Gasteiger partial charge in [-0.25, -0.2) is 0 Å². The molecule has 0 aromatic carbocycles. The van der Waals surface area contributed by atoms with Crippen LogP contribution in [-0.4, -0.2) is 39.4 Å². The number of aryl methyl sites for hydroxylation is 1. The Labute approximate surface area is 98.4 Å². The number of carbonyl (C=O) groups excluding carboxylic acids is 1. The van der Waals surface area contributed by atoms with Crippen LogP contribution in [0.2, 0.25) is 0 Å². The minimum atomic E-state index is -0.0510. The fraction of sp³-hybridized carbons (Fsp3) is 0.667. The van der Waals surface area contributed by atoms with Crippen molar-refractivity contribution >= 4 is 29.0 Å². The normalized spacial score (nSPS) is 12.5. The molecule has 1 aromatic heterocycles. The Kier molecular flexibility index (Phi) is 4.47. The van der Waals surface area contributed by atoms with Crippen molar-refractivity contribution in [3.63, 3.8) is 0 Å². The number of halogens is 1. The molecular formula is C9H14ClN3OS. The van der Waals surface area contributed by atoms with Crippen LogP contribution in [-0.2, 0) is 6.42 Å². The standard InChI is InChI=1S/C9H14ClN3OS/c1-4-7-8(15-12-11-7)9(14)13(3)5-6(2)10/h6H,4-5H2,1-3H3. The first kappa shape index (κ1) is 12.4. The quantitative estimate of drug-likeness (QED) is 0.763. The highest BCUT2D eigenvalue weighted by atomic mass is 35.5. The van der Waals surface area contributed by atoms with Crippen molar-refractivity contribution in [3.8, 4) is 0 Å². The fourth-order valence-corrected chi connectivity index (χ4v) is 2.19. The molecular weight excluding hydrogens is 234 g/mol. The van der Waals surface area contributed by atoms with Crippen LogP contribution in [0, 0.1) is 0 Å². The summed E-state index contributed by atoms with van der Waals surface area (Å²) in [4.78, 5) is 14.1. The van der Waals surface area contributed by atoms with Gasteiger partial charge in [0.15, 0.2) is 0 Å². The highest BCUT2D eigenvalue weighted by Gasteiger charge is 2.19. The van der Waals surface area contributed by atoms with Crippen LogP contribution < -0.4 is 0 Å². The molecule has 0 N–H and O–H groups in total. The lowest BCUT2D eigenvalue weighted by atomic mass is 10.2. The molecule has 4 nitrogen and oxygen atoms in total. The molecule has 0 fully saturated rings. The Bertz CT molecular complexity index is 340. The van der Waals surface area contributed by atoms with Crippen molar-refractivity contribution in [1.82, 2.24) is 14.5 Å². The molecule has 1 aromatic rings. The third-order valence-electron chi connectivity index (χ3n) is 1.96. The SMILES string of the molecule is CCc1nnsc1C(=O)N(C)CC(C)Cl. The van der Waals surface area contributed by atoms with E-state index < -0.39 is 0 Å². The van der Waals surface area contributed by atoms with Gasteiger partial charge in [0.2, 0.25) is 0 Å². The van der Waals surface area contributed by atoms with Crippen LogP contribution in [0.3, 0.4) is 0 Å². The van der Waals surface area contributed by atoms with E-state index in [1.54, 1.807) is 11.9 Å². The Balaban J connectivity index is 2.76. The van der Waals surface area contributed by atoms with E-state index in [1.165, 1.54) is 0 Å².